The van der Waals surface area contributed by atoms with Crippen LogP contribution in [-0.2, 0) is 9.47 Å². The first-order valence-electron chi connectivity index (χ1n) is 10.2. The summed E-state index contributed by atoms with van der Waals surface area (Å²) in [5.74, 6) is 0. The van der Waals surface area contributed by atoms with E-state index in [1.165, 1.54) is 0 Å². The molecule has 0 atom stereocenters. The largest absolute Gasteiger partial charge is 0.443 e. The van der Waals surface area contributed by atoms with E-state index in [1.54, 1.807) is 52.3 Å². The highest BCUT2D eigenvalue weighted by molar-refractivity contribution is 8.79. The fourth-order valence-corrected chi connectivity index (χ4v) is 9.94. The van der Waals surface area contributed by atoms with Gasteiger partial charge in [-0.1, -0.05) is 0 Å². The number of aromatic nitrogens is 2. The van der Waals surface area contributed by atoms with Crippen molar-refractivity contribution in [1.29, 1.82) is 0 Å². The molecule has 0 unspecified atom stereocenters. The molecule has 2 aromatic heterocycles. The molecule has 0 fully saturated rings. The van der Waals surface area contributed by atoms with Crippen LogP contribution < -0.4 is 0 Å². The van der Waals surface area contributed by atoms with Crippen LogP contribution in [0.1, 0.15) is 64.3 Å². The number of nitrogens with zero attached hydrogens (tertiary/aromatic N) is 2. The fourth-order valence-electron chi connectivity index (χ4n) is 3.29. The number of hydrogen-bond acceptors (Lipinski definition) is 8. The van der Waals surface area contributed by atoms with Crippen molar-refractivity contribution in [1.82, 2.24) is 9.13 Å². The monoisotopic (exact) mass is 514 g/mol. The average Bonchev–Trinajstić information content (AvgIpc) is 2.94. The Morgan fingerprint density at radius 1 is 0.562 bits per heavy atom. The van der Waals surface area contributed by atoms with E-state index >= 15 is 0 Å². The van der Waals surface area contributed by atoms with Crippen LogP contribution in [0.5, 0.6) is 0 Å². The molecule has 1 aliphatic rings. The van der Waals surface area contributed by atoms with Crippen molar-refractivity contribution in [2.45, 2.75) is 100 Å². The number of carbonyl (C=O) groups is 2. The van der Waals surface area contributed by atoms with Gasteiger partial charge in [-0.3, -0.25) is 9.13 Å². The van der Waals surface area contributed by atoms with Crippen LogP contribution in [0.4, 0.5) is 9.59 Å². The summed E-state index contributed by atoms with van der Waals surface area (Å²) in [7, 11) is 6.45. The highest BCUT2D eigenvalue weighted by atomic mass is 33.1. The van der Waals surface area contributed by atoms with Crippen LogP contribution >= 0.6 is 43.2 Å². The standard InChI is InChI=1S/C22H30N2O4S4/c1-11-15-16(12(2)23(11)19(25)27-21(5,6)7)30-32-18-14(4)24(13(3)17(18)31-29-15)20(26)28-22(8,9)10/h1-10H3. The highest BCUT2D eigenvalue weighted by Crippen LogP contribution is 2.57. The van der Waals surface area contributed by atoms with E-state index in [4.69, 9.17) is 9.47 Å². The number of rotatable bonds is 0. The van der Waals surface area contributed by atoms with Gasteiger partial charge in [0.25, 0.3) is 0 Å². The Balaban J connectivity index is 1.98. The van der Waals surface area contributed by atoms with E-state index in [-0.39, 0.29) is 12.2 Å². The normalized spacial score (nSPS) is 14.3. The zero-order valence-electron chi connectivity index (χ0n) is 20.2. The second-order valence-corrected chi connectivity index (χ2v) is 13.9. The maximum Gasteiger partial charge on any atom is 0.419 e. The molecule has 3 rings (SSSR count). The molecule has 0 aliphatic carbocycles. The molecule has 176 valence electrons. The van der Waals surface area contributed by atoms with Crippen LogP contribution in [0.25, 0.3) is 0 Å². The quantitative estimate of drug-likeness (QED) is 0.328. The molecule has 32 heavy (non-hydrogen) atoms. The topological polar surface area (TPSA) is 62.5 Å². The van der Waals surface area contributed by atoms with E-state index in [0.29, 0.717) is 0 Å². The van der Waals surface area contributed by atoms with E-state index in [0.717, 1.165) is 42.4 Å². The van der Waals surface area contributed by atoms with Crippen LogP contribution in [-0.4, -0.2) is 32.5 Å². The minimum Gasteiger partial charge on any atom is -0.443 e. The number of carbonyl (C=O) groups excluding carboxylic acids is 2. The number of hydrogen-bond donors (Lipinski definition) is 0. The van der Waals surface area contributed by atoms with Gasteiger partial charge in [-0.25, -0.2) is 9.59 Å². The second kappa shape index (κ2) is 8.92. The van der Waals surface area contributed by atoms with E-state index in [2.05, 4.69) is 0 Å². The van der Waals surface area contributed by atoms with E-state index < -0.39 is 11.2 Å². The van der Waals surface area contributed by atoms with Gasteiger partial charge in [0.05, 0.1) is 19.6 Å². The maximum absolute atomic E-state index is 12.9. The van der Waals surface area contributed by atoms with Crippen LogP contribution in [0.15, 0.2) is 19.6 Å². The zero-order valence-corrected chi connectivity index (χ0v) is 23.4. The van der Waals surface area contributed by atoms with Crippen molar-refractivity contribution < 1.29 is 19.1 Å². The van der Waals surface area contributed by atoms with Crippen molar-refractivity contribution in [3.8, 4) is 0 Å². The molecular formula is C22H30N2O4S4. The van der Waals surface area contributed by atoms with E-state index in [9.17, 15) is 9.59 Å². The molecule has 0 N–H and O–H groups in total. The van der Waals surface area contributed by atoms with E-state index in [1.807, 2.05) is 69.2 Å². The Morgan fingerprint density at radius 2 is 0.781 bits per heavy atom. The van der Waals surface area contributed by atoms with Crippen molar-refractivity contribution in [3.63, 3.8) is 0 Å². The number of ether oxygens (including phenoxy) is 2. The average molecular weight is 515 g/mol. The van der Waals surface area contributed by atoms with Gasteiger partial charge < -0.3 is 9.47 Å². The predicted molar refractivity (Wildman–Crippen MR) is 135 cm³/mol. The molecule has 2 aromatic rings. The van der Waals surface area contributed by atoms with Crippen molar-refractivity contribution in [3.05, 3.63) is 22.8 Å². The van der Waals surface area contributed by atoms with Gasteiger partial charge in [0.2, 0.25) is 0 Å². The molecule has 0 saturated heterocycles. The molecule has 10 heteroatoms. The summed E-state index contributed by atoms with van der Waals surface area (Å²) in [5, 5.41) is 0. The SMILES string of the molecule is Cc1c2c(c(C)n1C(=O)OC(C)(C)C)SSc1c(c(C)n(C(=O)OC(C)(C)C)c1C)SS2. The first-order chi connectivity index (χ1) is 14.6. The summed E-state index contributed by atoms with van der Waals surface area (Å²) in [6.45, 7) is 19.0. The van der Waals surface area contributed by atoms with Gasteiger partial charge in [0.15, 0.2) is 0 Å². The summed E-state index contributed by atoms with van der Waals surface area (Å²) < 4.78 is 14.6. The molecule has 0 bridgehead atoms. The summed E-state index contributed by atoms with van der Waals surface area (Å²) in [5.41, 5.74) is 2.32. The third-order valence-corrected chi connectivity index (χ3v) is 10.2. The Labute approximate surface area is 205 Å². The Morgan fingerprint density at radius 3 is 0.969 bits per heavy atom. The molecule has 0 amide bonds. The molecule has 0 radical (unpaired) electrons. The fraction of sp³-hybridized carbons (Fsp3) is 0.545. The molecule has 6 nitrogen and oxygen atoms in total. The number of fused-ring (bicyclic) bond motifs is 2. The van der Waals surface area contributed by atoms with Crippen LogP contribution in [0.3, 0.4) is 0 Å². The molecule has 0 spiro atoms. The lowest BCUT2D eigenvalue weighted by Crippen LogP contribution is -2.28. The van der Waals surface area contributed by atoms with Gasteiger partial charge >= 0.3 is 12.2 Å². The maximum atomic E-state index is 12.9. The van der Waals surface area contributed by atoms with Gasteiger partial charge in [0.1, 0.15) is 11.2 Å². The second-order valence-electron chi connectivity index (χ2n) is 9.62. The third kappa shape index (κ3) is 5.03. The Kier molecular flexibility index (Phi) is 7.12. The lowest BCUT2D eigenvalue weighted by Gasteiger charge is -2.21. The lowest BCUT2D eigenvalue weighted by atomic mass is 10.2. The van der Waals surface area contributed by atoms with Gasteiger partial charge in [-0.05, 0) is 112 Å². The van der Waals surface area contributed by atoms with Crippen LogP contribution in [0.2, 0.25) is 0 Å². The summed E-state index contributed by atoms with van der Waals surface area (Å²) in [6.07, 6.45) is -0.727. The van der Waals surface area contributed by atoms with Gasteiger partial charge in [-0.15, -0.1) is 0 Å². The molecule has 0 saturated carbocycles. The van der Waals surface area contributed by atoms with Crippen molar-refractivity contribution in [2.75, 3.05) is 0 Å². The molecule has 0 aromatic carbocycles. The van der Waals surface area contributed by atoms with Gasteiger partial charge in [0, 0.05) is 22.8 Å². The minimum atomic E-state index is -0.565. The summed E-state index contributed by atoms with van der Waals surface area (Å²) >= 11 is 0. The predicted octanol–water partition coefficient (Wildman–Crippen LogP) is 8.00. The zero-order chi connectivity index (χ0) is 24.2. The third-order valence-electron chi connectivity index (χ3n) is 4.64. The van der Waals surface area contributed by atoms with Gasteiger partial charge in [-0.2, -0.15) is 0 Å². The molecule has 1 aliphatic heterocycles. The van der Waals surface area contributed by atoms with Crippen molar-refractivity contribution >= 4 is 55.4 Å². The minimum absolute atomic E-state index is 0.363. The van der Waals surface area contributed by atoms with Crippen LogP contribution in [0, 0.1) is 27.7 Å². The van der Waals surface area contributed by atoms with Crippen molar-refractivity contribution in [2.24, 2.45) is 0 Å². The molecular weight excluding hydrogens is 485 g/mol. The smallest absolute Gasteiger partial charge is 0.419 e. The summed E-state index contributed by atoms with van der Waals surface area (Å²) in [6, 6.07) is 0. The lowest BCUT2D eigenvalue weighted by molar-refractivity contribution is 0.0518. The Hall–Kier alpha value is -1.10. The first kappa shape index (κ1) is 25.5. The molecule has 3 heterocycles. The first-order valence-corrected chi connectivity index (χ1v) is 14.5. The Bertz CT molecular complexity index is 946. The summed E-state index contributed by atoms with van der Waals surface area (Å²) in [4.78, 5) is 29.9. The highest BCUT2D eigenvalue weighted by Gasteiger charge is 2.32.